The van der Waals surface area contributed by atoms with Gasteiger partial charge in [0.05, 0.1) is 10.5 Å². The summed E-state index contributed by atoms with van der Waals surface area (Å²) in [5, 5.41) is 32.0. The number of phenols is 3. The van der Waals surface area contributed by atoms with Gasteiger partial charge >= 0.3 is 0 Å². The Labute approximate surface area is 304 Å². The van der Waals surface area contributed by atoms with Gasteiger partial charge in [-0.1, -0.05) is 60.7 Å². The van der Waals surface area contributed by atoms with Crippen LogP contribution >= 0.6 is 0 Å². The molecule has 1 atom stereocenters. The lowest BCUT2D eigenvalue weighted by Gasteiger charge is -2.30. The van der Waals surface area contributed by atoms with Crippen molar-refractivity contribution >= 4 is 26.9 Å². The highest BCUT2D eigenvalue weighted by molar-refractivity contribution is 7.89. The number of para-hydroxylation sites is 1. The number of nitrogens with zero attached hydrogens (tertiary/aromatic N) is 2. The highest BCUT2D eigenvalue weighted by atomic mass is 32.2. The van der Waals surface area contributed by atoms with Crippen LogP contribution in [-0.4, -0.2) is 62.7 Å². The number of amides is 1. The van der Waals surface area contributed by atoms with Crippen molar-refractivity contribution < 1.29 is 37.5 Å². The standard InChI is InChI=1S/C39H37N3O8S2/c43-36-34(23-35(37(44)38(36)45)52(48,49)42-20-17-27-8-4-5-9-29(27)25-42)39(46)41-19-16-28-13-14-33(22-30(28)24-41)51(47)40-18-15-26-7-6-12-32(21-26)50-31-10-2-1-3-11-31/h1-14,21-23,40,43-45H,15-20,24-25H2. The number of aromatic hydroxyl groups is 3. The van der Waals surface area contributed by atoms with E-state index in [0.29, 0.717) is 36.5 Å². The van der Waals surface area contributed by atoms with E-state index in [1.54, 1.807) is 12.1 Å². The average molecular weight is 740 g/mol. The van der Waals surface area contributed by atoms with Gasteiger partial charge in [0.1, 0.15) is 27.4 Å². The topological polar surface area (TPSA) is 157 Å². The van der Waals surface area contributed by atoms with E-state index in [0.717, 1.165) is 39.6 Å². The normalized spacial score (nSPS) is 15.0. The van der Waals surface area contributed by atoms with E-state index in [2.05, 4.69) is 4.72 Å². The molecule has 0 aromatic heterocycles. The molecule has 268 valence electrons. The van der Waals surface area contributed by atoms with Gasteiger partial charge in [-0.15, -0.1) is 0 Å². The van der Waals surface area contributed by atoms with Gasteiger partial charge in [0, 0.05) is 32.7 Å². The number of rotatable bonds is 10. The van der Waals surface area contributed by atoms with Gasteiger partial charge in [-0.3, -0.25) is 4.79 Å². The van der Waals surface area contributed by atoms with Crippen LogP contribution in [0.25, 0.3) is 0 Å². The molecule has 2 heterocycles. The molecule has 2 aliphatic rings. The van der Waals surface area contributed by atoms with Crippen molar-refractivity contribution in [1.29, 1.82) is 0 Å². The molecule has 0 fully saturated rings. The van der Waals surface area contributed by atoms with Crippen molar-refractivity contribution in [2.45, 2.75) is 42.1 Å². The summed E-state index contributed by atoms with van der Waals surface area (Å²) in [7, 11) is -5.92. The number of sulfonamides is 1. The Kier molecular flexibility index (Phi) is 10.0. The Bertz CT molecular complexity index is 2280. The summed E-state index contributed by atoms with van der Waals surface area (Å²) in [5.74, 6) is -2.29. The molecule has 2 aliphatic heterocycles. The first kappa shape index (κ1) is 35.2. The minimum atomic E-state index is -4.37. The lowest BCUT2D eigenvalue weighted by Crippen LogP contribution is -2.37. The average Bonchev–Trinajstić information content (AvgIpc) is 3.16. The third kappa shape index (κ3) is 7.26. The Morgan fingerprint density at radius 1 is 0.731 bits per heavy atom. The van der Waals surface area contributed by atoms with Crippen molar-refractivity contribution in [3.63, 3.8) is 0 Å². The molecule has 4 N–H and O–H groups in total. The van der Waals surface area contributed by atoms with Crippen molar-refractivity contribution in [3.05, 3.63) is 137 Å². The maximum absolute atomic E-state index is 13.8. The summed E-state index contributed by atoms with van der Waals surface area (Å²) in [5.41, 5.74) is 4.11. The first-order chi connectivity index (χ1) is 25.1. The SMILES string of the molecule is O=C(c1cc(S(=O)(=O)N2CCc3ccccc3C2)c(O)c(O)c1O)N1CCc2ccc(S(=O)NCCc3cccc(Oc4ccccc4)c3)cc2C1. The third-order valence-electron chi connectivity index (χ3n) is 9.37. The summed E-state index contributed by atoms with van der Waals surface area (Å²) in [6.45, 7) is 0.982. The molecule has 0 saturated heterocycles. The van der Waals surface area contributed by atoms with Crippen LogP contribution in [0.5, 0.6) is 28.7 Å². The van der Waals surface area contributed by atoms with Gasteiger partial charge in [0.25, 0.3) is 5.91 Å². The zero-order valence-electron chi connectivity index (χ0n) is 28.1. The molecule has 0 spiro atoms. The molecular formula is C39H37N3O8S2. The second-order valence-electron chi connectivity index (χ2n) is 12.7. The molecule has 5 aromatic carbocycles. The fourth-order valence-corrected chi connectivity index (χ4v) is 8.97. The second-order valence-corrected chi connectivity index (χ2v) is 15.9. The Morgan fingerprint density at radius 3 is 2.25 bits per heavy atom. The summed E-state index contributed by atoms with van der Waals surface area (Å²) in [6, 6.07) is 31.0. The van der Waals surface area contributed by atoms with Crippen molar-refractivity contribution in [2.24, 2.45) is 0 Å². The van der Waals surface area contributed by atoms with E-state index in [4.69, 9.17) is 4.74 Å². The van der Waals surface area contributed by atoms with Gasteiger partial charge in [0.15, 0.2) is 11.5 Å². The van der Waals surface area contributed by atoms with Gasteiger partial charge in [0.2, 0.25) is 15.8 Å². The predicted molar refractivity (Wildman–Crippen MR) is 195 cm³/mol. The van der Waals surface area contributed by atoms with Crippen molar-refractivity contribution in [2.75, 3.05) is 19.6 Å². The number of phenolic OH excluding ortho intramolecular Hbond substituents is 3. The molecule has 0 bridgehead atoms. The number of fused-ring (bicyclic) bond motifs is 2. The number of carbonyl (C=O) groups is 1. The van der Waals surface area contributed by atoms with Crippen LogP contribution < -0.4 is 9.46 Å². The molecule has 11 nitrogen and oxygen atoms in total. The Balaban J connectivity index is 1.03. The maximum Gasteiger partial charge on any atom is 0.258 e. The van der Waals surface area contributed by atoms with Crippen LogP contribution in [0.4, 0.5) is 0 Å². The Hall–Kier alpha value is -5.21. The molecule has 0 aliphatic carbocycles. The summed E-state index contributed by atoms with van der Waals surface area (Å²) in [6.07, 6.45) is 1.53. The van der Waals surface area contributed by atoms with Gasteiger partial charge in [-0.2, -0.15) is 4.31 Å². The molecular weight excluding hydrogens is 703 g/mol. The number of nitrogens with one attached hydrogen (secondary N) is 1. The number of carbonyl (C=O) groups excluding carboxylic acids is 1. The number of benzene rings is 5. The van der Waals surface area contributed by atoms with Crippen LogP contribution in [0.1, 0.15) is 38.2 Å². The molecule has 1 amide bonds. The molecule has 0 radical (unpaired) electrons. The van der Waals surface area contributed by atoms with Crippen LogP contribution in [0.3, 0.4) is 0 Å². The van der Waals surface area contributed by atoms with Crippen molar-refractivity contribution in [1.82, 2.24) is 13.9 Å². The van der Waals surface area contributed by atoms with Crippen molar-refractivity contribution in [3.8, 4) is 28.7 Å². The summed E-state index contributed by atoms with van der Waals surface area (Å²) in [4.78, 5) is 15.1. The van der Waals surface area contributed by atoms with E-state index in [1.165, 1.54) is 9.21 Å². The maximum atomic E-state index is 13.8. The van der Waals surface area contributed by atoms with E-state index >= 15 is 0 Å². The molecule has 7 rings (SSSR count). The number of hydrogen-bond donors (Lipinski definition) is 4. The largest absolute Gasteiger partial charge is 0.504 e. The fourth-order valence-electron chi connectivity index (χ4n) is 6.55. The molecule has 1 unspecified atom stereocenters. The summed E-state index contributed by atoms with van der Waals surface area (Å²) < 4.78 is 50.9. The molecule has 5 aromatic rings. The lowest BCUT2D eigenvalue weighted by molar-refractivity contribution is 0.0730. The fraction of sp³-hybridized carbons (Fsp3) is 0.205. The van der Waals surface area contributed by atoms with Crippen LogP contribution in [0.15, 0.2) is 113 Å². The van der Waals surface area contributed by atoms with E-state index in [-0.39, 0.29) is 26.2 Å². The van der Waals surface area contributed by atoms with Gasteiger partial charge < -0.3 is 25.0 Å². The first-order valence-electron chi connectivity index (χ1n) is 16.8. The van der Waals surface area contributed by atoms with E-state index in [9.17, 15) is 32.7 Å². The second kappa shape index (κ2) is 14.8. The number of ether oxygens (including phenoxy) is 1. The van der Waals surface area contributed by atoms with Crippen LogP contribution in [-0.2, 0) is 53.4 Å². The predicted octanol–water partition coefficient (Wildman–Crippen LogP) is 5.40. The van der Waals surface area contributed by atoms with E-state index in [1.807, 2.05) is 84.9 Å². The first-order valence-corrected chi connectivity index (χ1v) is 19.4. The minimum absolute atomic E-state index is 0.0568. The van der Waals surface area contributed by atoms with Gasteiger partial charge in [-0.25, -0.2) is 17.3 Å². The van der Waals surface area contributed by atoms with Gasteiger partial charge in [-0.05, 0) is 89.5 Å². The minimum Gasteiger partial charge on any atom is -0.504 e. The quantitative estimate of drug-likeness (QED) is 0.139. The molecule has 0 saturated carbocycles. The monoisotopic (exact) mass is 739 g/mol. The summed E-state index contributed by atoms with van der Waals surface area (Å²) >= 11 is 0. The highest BCUT2D eigenvalue weighted by Crippen LogP contribution is 2.44. The zero-order valence-corrected chi connectivity index (χ0v) is 29.7. The smallest absolute Gasteiger partial charge is 0.258 e. The lowest BCUT2D eigenvalue weighted by atomic mass is 9.99. The zero-order chi connectivity index (χ0) is 36.4. The Morgan fingerprint density at radius 2 is 1.44 bits per heavy atom. The van der Waals surface area contributed by atoms with E-state index < -0.39 is 54.6 Å². The highest BCUT2D eigenvalue weighted by Gasteiger charge is 2.35. The van der Waals surface area contributed by atoms with Crippen LogP contribution in [0, 0.1) is 0 Å². The molecule has 13 heteroatoms. The third-order valence-corrected chi connectivity index (χ3v) is 12.4. The van der Waals surface area contributed by atoms with Crippen LogP contribution in [0.2, 0.25) is 0 Å². The molecule has 52 heavy (non-hydrogen) atoms. The number of hydrogen-bond acceptors (Lipinski definition) is 8.